The van der Waals surface area contributed by atoms with E-state index < -0.39 is 55.3 Å². The molecule has 3 rings (SSSR count). The fourth-order valence-electron chi connectivity index (χ4n) is 3.31. The van der Waals surface area contributed by atoms with Crippen molar-refractivity contribution in [1.82, 2.24) is 0 Å². The first-order valence-corrected chi connectivity index (χ1v) is 10.3. The fourth-order valence-corrected chi connectivity index (χ4v) is 4.39. The first kappa shape index (κ1) is 21.7. The summed E-state index contributed by atoms with van der Waals surface area (Å²) in [6.45, 7) is -1.35. The van der Waals surface area contributed by atoms with Gasteiger partial charge in [-0.15, -0.1) is 0 Å². The third-order valence-corrected chi connectivity index (χ3v) is 7.15. The van der Waals surface area contributed by atoms with Crippen molar-refractivity contribution < 1.29 is 51.5 Å². The Balaban J connectivity index is 1.96. The van der Waals surface area contributed by atoms with Crippen LogP contribution in [0.25, 0.3) is 0 Å². The fraction of sp³-hybridized carbons (Fsp3) is 1.00. The number of rotatable bonds is 6. The first-order chi connectivity index (χ1) is 11.5. The van der Waals surface area contributed by atoms with E-state index in [0.717, 1.165) is 0 Å². The van der Waals surface area contributed by atoms with Crippen LogP contribution >= 0.6 is 0 Å². The van der Waals surface area contributed by atoms with Crippen molar-refractivity contribution in [1.29, 1.82) is 0 Å². The highest BCUT2D eigenvalue weighted by molar-refractivity contribution is 7.87. The van der Waals surface area contributed by atoms with Crippen molar-refractivity contribution in [2.75, 3.05) is 13.2 Å². The molecule has 3 aliphatic carbocycles. The van der Waals surface area contributed by atoms with Crippen LogP contribution in [0.5, 0.6) is 0 Å². The van der Waals surface area contributed by atoms with Crippen molar-refractivity contribution >= 4 is 20.2 Å². The molecule has 3 saturated carbocycles. The van der Waals surface area contributed by atoms with Gasteiger partial charge in [-0.3, -0.25) is 8.37 Å². The molecule has 14 heteroatoms. The molecular weight excluding hydrogens is 418 g/mol. The summed E-state index contributed by atoms with van der Waals surface area (Å²) in [7, 11) is -11.4. The molecule has 0 aliphatic heterocycles. The van der Waals surface area contributed by atoms with Crippen LogP contribution in [0.2, 0.25) is 0 Å². The normalized spacial score (nSPS) is 30.5. The number of halogens is 6. The second-order valence-corrected chi connectivity index (χ2v) is 10.0. The Bertz CT molecular complexity index is 651. The second kappa shape index (κ2) is 6.48. The largest absolute Gasteiger partial charge is 0.523 e. The Morgan fingerprint density at radius 2 is 0.846 bits per heavy atom. The molecular formula is C12H16F6O6S2. The third-order valence-electron chi connectivity index (χ3n) is 5.16. The molecule has 26 heavy (non-hydrogen) atoms. The van der Waals surface area contributed by atoms with Crippen LogP contribution in [-0.2, 0) is 28.6 Å². The minimum Gasteiger partial charge on any atom is -0.263 e. The number of hydrogen-bond acceptors (Lipinski definition) is 6. The standard InChI is InChI=1S/C12H16F6O6S2/c13-11(14,15)25(19,20)23-7-9-1-2-10(5-3-9,6-4-9)8-24-26(21,22)12(16,17)18/h1-8H2. The van der Waals surface area contributed by atoms with Gasteiger partial charge in [0.15, 0.2) is 0 Å². The number of alkyl halides is 6. The van der Waals surface area contributed by atoms with E-state index in [0.29, 0.717) is 0 Å². The summed E-state index contributed by atoms with van der Waals surface area (Å²) in [4.78, 5) is 0. The highest BCUT2D eigenvalue weighted by atomic mass is 32.2. The number of fused-ring (bicyclic) bond motifs is 3. The second-order valence-electron chi connectivity index (χ2n) is 6.82. The van der Waals surface area contributed by atoms with Gasteiger partial charge in [0.2, 0.25) is 0 Å². The summed E-state index contributed by atoms with van der Waals surface area (Å²) in [6, 6.07) is 0. The maximum absolute atomic E-state index is 12.3. The van der Waals surface area contributed by atoms with E-state index in [1.165, 1.54) is 0 Å². The van der Waals surface area contributed by atoms with E-state index in [-0.39, 0.29) is 38.5 Å². The summed E-state index contributed by atoms with van der Waals surface area (Å²) in [5.41, 5.74) is -12.7. The predicted molar refractivity (Wildman–Crippen MR) is 74.4 cm³/mol. The molecule has 6 nitrogen and oxygen atoms in total. The lowest BCUT2D eigenvalue weighted by atomic mass is 9.54. The molecule has 3 aliphatic rings. The maximum atomic E-state index is 12.3. The molecule has 0 radical (unpaired) electrons. The van der Waals surface area contributed by atoms with Crippen molar-refractivity contribution in [3.63, 3.8) is 0 Å². The van der Waals surface area contributed by atoms with Crippen LogP contribution in [0.1, 0.15) is 38.5 Å². The lowest BCUT2D eigenvalue weighted by molar-refractivity contribution is -0.0806. The quantitative estimate of drug-likeness (QED) is 0.363. The lowest BCUT2D eigenvalue weighted by Gasteiger charge is -2.52. The van der Waals surface area contributed by atoms with Crippen LogP contribution < -0.4 is 0 Å². The van der Waals surface area contributed by atoms with E-state index in [1.54, 1.807) is 0 Å². The van der Waals surface area contributed by atoms with E-state index in [4.69, 9.17) is 0 Å². The molecule has 0 unspecified atom stereocenters. The van der Waals surface area contributed by atoms with E-state index >= 15 is 0 Å². The smallest absolute Gasteiger partial charge is 0.263 e. The molecule has 0 heterocycles. The van der Waals surface area contributed by atoms with E-state index in [2.05, 4.69) is 8.37 Å². The topological polar surface area (TPSA) is 86.7 Å². The van der Waals surface area contributed by atoms with Gasteiger partial charge in [0, 0.05) is 0 Å². The molecule has 0 atom stereocenters. The molecule has 3 fully saturated rings. The zero-order valence-electron chi connectivity index (χ0n) is 13.2. The Morgan fingerprint density at radius 1 is 0.615 bits per heavy atom. The average Bonchev–Trinajstić information content (AvgIpc) is 2.51. The molecule has 0 aromatic rings. The summed E-state index contributed by atoms with van der Waals surface area (Å²) in [5.74, 6) is 0. The Morgan fingerprint density at radius 3 is 1.04 bits per heavy atom. The van der Waals surface area contributed by atoms with E-state index in [1.807, 2.05) is 0 Å². The molecule has 0 amide bonds. The predicted octanol–water partition coefficient (Wildman–Crippen LogP) is 3.06. The molecule has 0 aromatic heterocycles. The highest BCUT2D eigenvalue weighted by Crippen LogP contribution is 2.57. The lowest BCUT2D eigenvalue weighted by Crippen LogP contribution is -2.47. The van der Waals surface area contributed by atoms with Crippen LogP contribution in [0.3, 0.4) is 0 Å². The molecule has 0 N–H and O–H groups in total. The van der Waals surface area contributed by atoms with Crippen LogP contribution in [-0.4, -0.2) is 41.1 Å². The Hall–Kier alpha value is -0.600. The summed E-state index contributed by atoms with van der Waals surface area (Å²) >= 11 is 0. The van der Waals surface area contributed by atoms with Crippen molar-refractivity contribution in [2.24, 2.45) is 10.8 Å². The van der Waals surface area contributed by atoms with Gasteiger partial charge in [0.1, 0.15) is 0 Å². The highest BCUT2D eigenvalue weighted by Gasteiger charge is 2.54. The van der Waals surface area contributed by atoms with Crippen molar-refractivity contribution in [3.05, 3.63) is 0 Å². The summed E-state index contributed by atoms with van der Waals surface area (Å²) in [6.07, 6.45) is 1.23. The molecule has 0 spiro atoms. The SMILES string of the molecule is O=S(=O)(OCC12CCC(COS(=O)(=O)C(F)(F)F)(CC1)CC2)C(F)(F)F. The molecule has 0 saturated heterocycles. The van der Waals surface area contributed by atoms with Gasteiger partial charge in [-0.1, -0.05) is 0 Å². The third kappa shape index (κ3) is 4.28. The zero-order chi connectivity index (χ0) is 20.1. The van der Waals surface area contributed by atoms with Gasteiger partial charge >= 0.3 is 31.3 Å². The van der Waals surface area contributed by atoms with Gasteiger partial charge in [0.05, 0.1) is 13.2 Å². The van der Waals surface area contributed by atoms with Crippen molar-refractivity contribution in [2.45, 2.75) is 49.5 Å². The van der Waals surface area contributed by atoms with Crippen LogP contribution in [0.15, 0.2) is 0 Å². The van der Waals surface area contributed by atoms with Gasteiger partial charge in [-0.2, -0.15) is 43.2 Å². The molecule has 2 bridgehead atoms. The van der Waals surface area contributed by atoms with Crippen molar-refractivity contribution in [3.8, 4) is 0 Å². The number of hydrogen-bond donors (Lipinski definition) is 0. The minimum absolute atomic E-state index is 0.204. The van der Waals surface area contributed by atoms with E-state index in [9.17, 15) is 43.2 Å². The monoisotopic (exact) mass is 434 g/mol. The first-order valence-electron chi connectivity index (χ1n) is 7.45. The summed E-state index contributed by atoms with van der Waals surface area (Å²) in [5, 5.41) is 0. The summed E-state index contributed by atoms with van der Waals surface area (Å²) < 4.78 is 126. The molecule has 154 valence electrons. The molecule has 0 aromatic carbocycles. The zero-order valence-corrected chi connectivity index (χ0v) is 14.8. The average molecular weight is 434 g/mol. The minimum atomic E-state index is -5.72. The maximum Gasteiger partial charge on any atom is 0.523 e. The Labute approximate surface area is 146 Å². The van der Waals surface area contributed by atoms with Gasteiger partial charge in [-0.05, 0) is 49.4 Å². The van der Waals surface area contributed by atoms with Crippen LogP contribution in [0, 0.1) is 10.8 Å². The van der Waals surface area contributed by atoms with Gasteiger partial charge < -0.3 is 0 Å². The van der Waals surface area contributed by atoms with Crippen LogP contribution in [0.4, 0.5) is 26.3 Å². The Kier molecular flexibility index (Phi) is 5.41. The van der Waals surface area contributed by atoms with Gasteiger partial charge in [0.25, 0.3) is 0 Å². The van der Waals surface area contributed by atoms with Gasteiger partial charge in [-0.25, -0.2) is 0 Å².